The minimum absolute atomic E-state index is 0.169. The Morgan fingerprint density at radius 2 is 2.19 bits per heavy atom. The number of ether oxygens (including phenoxy) is 1. The average Bonchev–Trinajstić information content (AvgIpc) is 2.72. The highest BCUT2D eigenvalue weighted by Gasteiger charge is 2.10. The molecule has 0 spiro atoms. The van der Waals surface area contributed by atoms with Crippen LogP contribution in [0.4, 0.5) is 4.39 Å². The van der Waals surface area contributed by atoms with E-state index < -0.39 is 0 Å². The number of hydrogen-bond donors (Lipinski definition) is 0. The highest BCUT2D eigenvalue weighted by Crippen LogP contribution is 2.19. The maximum absolute atomic E-state index is 13.3. The van der Waals surface area contributed by atoms with Crippen LogP contribution in [0.25, 0.3) is 10.2 Å². The largest absolute Gasteiger partial charge is 0.466 e. The number of rotatable bonds is 4. The number of fused-ring (bicyclic) bond motifs is 1. The second-order valence-electron chi connectivity index (χ2n) is 4.33. The van der Waals surface area contributed by atoms with E-state index in [1.54, 1.807) is 17.6 Å². The molecular formula is C14H15FN2O3S. The van der Waals surface area contributed by atoms with Gasteiger partial charge in [-0.3, -0.25) is 9.59 Å². The molecule has 2 aromatic rings. The van der Waals surface area contributed by atoms with Crippen molar-refractivity contribution in [3.05, 3.63) is 28.8 Å². The van der Waals surface area contributed by atoms with E-state index in [4.69, 9.17) is 4.74 Å². The zero-order valence-electron chi connectivity index (χ0n) is 11.8. The van der Waals surface area contributed by atoms with Gasteiger partial charge in [0.25, 0.3) is 0 Å². The molecule has 0 aliphatic carbocycles. The molecule has 21 heavy (non-hydrogen) atoms. The number of hydrogen-bond acceptors (Lipinski definition) is 4. The Bertz CT molecular complexity index is 748. The lowest BCUT2D eigenvalue weighted by Gasteiger charge is -2.05. The summed E-state index contributed by atoms with van der Waals surface area (Å²) >= 11 is 1.21. The normalized spacial score (nSPS) is 11.9. The molecule has 0 unspecified atom stereocenters. The van der Waals surface area contributed by atoms with Crippen LogP contribution >= 0.6 is 11.3 Å². The summed E-state index contributed by atoms with van der Waals surface area (Å²) in [7, 11) is 0. The van der Waals surface area contributed by atoms with Gasteiger partial charge in [-0.1, -0.05) is 11.3 Å². The van der Waals surface area contributed by atoms with Crippen LogP contribution in [0.1, 0.15) is 20.3 Å². The first-order chi connectivity index (χ1) is 10.0. The van der Waals surface area contributed by atoms with E-state index >= 15 is 0 Å². The lowest BCUT2D eigenvalue weighted by Crippen LogP contribution is -2.19. The van der Waals surface area contributed by atoms with E-state index in [1.165, 1.54) is 30.4 Å². The first-order valence-electron chi connectivity index (χ1n) is 6.51. The van der Waals surface area contributed by atoms with Crippen LogP contribution in [-0.4, -0.2) is 23.1 Å². The van der Waals surface area contributed by atoms with Crippen molar-refractivity contribution in [2.75, 3.05) is 6.61 Å². The van der Waals surface area contributed by atoms with Crippen LogP contribution in [0.2, 0.25) is 0 Å². The Morgan fingerprint density at radius 3 is 2.86 bits per heavy atom. The standard InChI is InChI=1S/C14H15FN2O3S/c1-3-20-13(19)6-7-17-11-5-4-10(15)8-12(11)21-14(17)16-9(2)18/h4-5,8H,3,6-7H2,1-2H3. The Kier molecular flexibility index (Phi) is 4.85. The van der Waals surface area contributed by atoms with Gasteiger partial charge in [0, 0.05) is 13.5 Å². The number of benzene rings is 1. The lowest BCUT2D eigenvalue weighted by molar-refractivity contribution is -0.143. The molecule has 0 aliphatic rings. The fourth-order valence-corrected chi connectivity index (χ4v) is 3.04. The number of esters is 1. The number of amides is 1. The van der Waals surface area contributed by atoms with Gasteiger partial charge in [0.05, 0.1) is 23.2 Å². The molecule has 0 radical (unpaired) electrons. The summed E-state index contributed by atoms with van der Waals surface area (Å²) in [6.45, 7) is 3.74. The summed E-state index contributed by atoms with van der Waals surface area (Å²) in [5.41, 5.74) is 0.741. The van der Waals surface area contributed by atoms with Gasteiger partial charge in [-0.05, 0) is 25.1 Å². The first kappa shape index (κ1) is 15.4. The number of aromatic nitrogens is 1. The van der Waals surface area contributed by atoms with Crippen LogP contribution < -0.4 is 4.80 Å². The molecule has 1 aromatic carbocycles. The maximum Gasteiger partial charge on any atom is 0.307 e. The molecule has 0 saturated carbocycles. The van der Waals surface area contributed by atoms with Crippen molar-refractivity contribution in [3.8, 4) is 0 Å². The molecule has 7 heteroatoms. The number of thiazole rings is 1. The van der Waals surface area contributed by atoms with Crippen molar-refractivity contribution in [2.45, 2.75) is 26.8 Å². The second-order valence-corrected chi connectivity index (χ2v) is 5.34. The summed E-state index contributed by atoms with van der Waals surface area (Å²) in [4.78, 5) is 27.1. The number of halogens is 1. The zero-order chi connectivity index (χ0) is 15.4. The summed E-state index contributed by atoms with van der Waals surface area (Å²) in [5.74, 6) is -1.01. The smallest absolute Gasteiger partial charge is 0.307 e. The van der Waals surface area contributed by atoms with Crippen molar-refractivity contribution in [1.29, 1.82) is 0 Å². The lowest BCUT2D eigenvalue weighted by atomic mass is 10.3. The van der Waals surface area contributed by atoms with Crippen molar-refractivity contribution in [1.82, 2.24) is 4.57 Å². The SMILES string of the molecule is CCOC(=O)CCn1c(=NC(C)=O)sc2cc(F)ccc21. The van der Waals surface area contributed by atoms with Crippen molar-refractivity contribution in [3.63, 3.8) is 0 Å². The fraction of sp³-hybridized carbons (Fsp3) is 0.357. The molecule has 0 aliphatic heterocycles. The highest BCUT2D eigenvalue weighted by molar-refractivity contribution is 7.16. The number of aryl methyl sites for hydroxylation is 1. The molecule has 0 atom stereocenters. The van der Waals surface area contributed by atoms with Crippen molar-refractivity contribution in [2.24, 2.45) is 4.99 Å². The molecule has 0 N–H and O–H groups in total. The predicted molar refractivity (Wildman–Crippen MR) is 77.3 cm³/mol. The third kappa shape index (κ3) is 3.75. The summed E-state index contributed by atoms with van der Waals surface area (Å²) in [6, 6.07) is 4.35. The van der Waals surface area contributed by atoms with E-state index in [0.717, 1.165) is 5.52 Å². The van der Waals surface area contributed by atoms with Crippen LogP contribution in [0, 0.1) is 5.82 Å². The Labute approximate surface area is 124 Å². The topological polar surface area (TPSA) is 60.7 Å². The van der Waals surface area contributed by atoms with Gasteiger partial charge in [-0.2, -0.15) is 4.99 Å². The van der Waals surface area contributed by atoms with Gasteiger partial charge in [0.1, 0.15) is 5.82 Å². The monoisotopic (exact) mass is 310 g/mol. The molecule has 2 rings (SSSR count). The van der Waals surface area contributed by atoms with E-state index in [-0.39, 0.29) is 24.1 Å². The minimum atomic E-state index is -0.351. The zero-order valence-corrected chi connectivity index (χ0v) is 12.6. The van der Waals surface area contributed by atoms with Gasteiger partial charge in [-0.15, -0.1) is 0 Å². The highest BCUT2D eigenvalue weighted by atomic mass is 32.1. The average molecular weight is 310 g/mol. The van der Waals surface area contributed by atoms with Crippen LogP contribution in [0.3, 0.4) is 0 Å². The Morgan fingerprint density at radius 1 is 1.43 bits per heavy atom. The molecule has 112 valence electrons. The van der Waals surface area contributed by atoms with Crippen LogP contribution in [0.5, 0.6) is 0 Å². The van der Waals surface area contributed by atoms with Gasteiger partial charge in [-0.25, -0.2) is 4.39 Å². The third-order valence-corrected chi connectivity index (χ3v) is 3.78. The fourth-order valence-electron chi connectivity index (χ4n) is 1.92. The van der Waals surface area contributed by atoms with Gasteiger partial charge in [0.15, 0.2) is 4.80 Å². The third-order valence-electron chi connectivity index (χ3n) is 2.74. The predicted octanol–water partition coefficient (Wildman–Crippen LogP) is 2.24. The number of carbonyl (C=O) groups excluding carboxylic acids is 2. The van der Waals surface area contributed by atoms with Crippen molar-refractivity contribution >= 4 is 33.4 Å². The molecule has 1 amide bonds. The molecule has 1 aromatic heterocycles. The first-order valence-corrected chi connectivity index (χ1v) is 7.32. The van der Waals surface area contributed by atoms with Crippen molar-refractivity contribution < 1.29 is 18.7 Å². The molecule has 0 bridgehead atoms. The molecule has 0 saturated heterocycles. The minimum Gasteiger partial charge on any atom is -0.466 e. The maximum atomic E-state index is 13.3. The Hall–Kier alpha value is -2.02. The van der Waals surface area contributed by atoms with E-state index in [1.807, 2.05) is 0 Å². The van der Waals surface area contributed by atoms with Gasteiger partial charge in [0.2, 0.25) is 5.91 Å². The van der Waals surface area contributed by atoms with Crippen LogP contribution in [0.15, 0.2) is 23.2 Å². The molecule has 5 nitrogen and oxygen atoms in total. The Balaban J connectivity index is 2.43. The second kappa shape index (κ2) is 6.62. The summed E-state index contributed by atoms with van der Waals surface area (Å²) in [5, 5.41) is 0. The summed E-state index contributed by atoms with van der Waals surface area (Å²) in [6.07, 6.45) is 0.169. The molecule has 1 heterocycles. The number of nitrogens with zero attached hydrogens (tertiary/aromatic N) is 2. The van der Waals surface area contributed by atoms with E-state index in [9.17, 15) is 14.0 Å². The van der Waals surface area contributed by atoms with Gasteiger partial charge >= 0.3 is 5.97 Å². The van der Waals surface area contributed by atoms with Crippen LogP contribution in [-0.2, 0) is 20.9 Å². The molecule has 0 fully saturated rings. The van der Waals surface area contributed by atoms with E-state index in [2.05, 4.69) is 4.99 Å². The van der Waals surface area contributed by atoms with Gasteiger partial charge < -0.3 is 9.30 Å². The van der Waals surface area contributed by atoms with E-state index in [0.29, 0.717) is 22.7 Å². The quantitative estimate of drug-likeness (QED) is 0.814. The number of carbonyl (C=O) groups is 2. The summed E-state index contributed by atoms with van der Waals surface area (Å²) < 4.78 is 20.6. The molecular weight excluding hydrogens is 295 g/mol.